The molecule has 0 spiro atoms. The summed E-state index contributed by atoms with van der Waals surface area (Å²) < 4.78 is 12.7. The van der Waals surface area contributed by atoms with E-state index in [1.54, 1.807) is 7.05 Å². The Kier molecular flexibility index (Phi) is 4.16. The van der Waals surface area contributed by atoms with Gasteiger partial charge in [-0.2, -0.15) is 0 Å². The molecule has 1 fully saturated rings. The number of halogens is 1. The number of thioether (sulfide) groups is 1. The topological polar surface area (TPSA) is 70.6 Å². The number of nitrogens with one attached hydrogen (secondary N) is 2. The third-order valence-corrected chi connectivity index (χ3v) is 3.65. The van der Waals surface area contributed by atoms with Gasteiger partial charge in [0.25, 0.3) is 0 Å². The molecule has 2 amide bonds. The van der Waals surface area contributed by atoms with E-state index in [-0.39, 0.29) is 24.1 Å². The Morgan fingerprint density at radius 1 is 1.47 bits per heavy atom. The molecule has 1 aliphatic heterocycles. The van der Waals surface area contributed by atoms with Gasteiger partial charge < -0.3 is 10.6 Å². The molecule has 7 heteroatoms. The molecular weight excluding hydrogens is 269 g/mol. The molecule has 1 aromatic carbocycles. The van der Waals surface area contributed by atoms with E-state index in [2.05, 4.69) is 15.6 Å². The molecule has 1 aromatic rings. The lowest BCUT2D eigenvalue weighted by atomic mass is 10.2. The Bertz CT molecular complexity index is 530. The van der Waals surface area contributed by atoms with Crippen LogP contribution in [-0.4, -0.2) is 29.3 Å². The summed E-state index contributed by atoms with van der Waals surface area (Å²) in [7, 11) is 1.57. The summed E-state index contributed by atoms with van der Waals surface area (Å²) >= 11 is 1.23. The highest BCUT2D eigenvalue weighted by Crippen LogP contribution is 2.22. The fraction of sp³-hybridized carbons (Fsp3) is 0.250. The van der Waals surface area contributed by atoms with Gasteiger partial charge in [0.05, 0.1) is 0 Å². The third kappa shape index (κ3) is 3.54. The molecule has 0 unspecified atom stereocenters. The Labute approximate surface area is 113 Å². The second kappa shape index (κ2) is 5.83. The van der Waals surface area contributed by atoms with E-state index in [1.165, 1.54) is 36.0 Å². The van der Waals surface area contributed by atoms with Crippen molar-refractivity contribution < 1.29 is 14.0 Å². The summed E-state index contributed by atoms with van der Waals surface area (Å²) in [4.78, 5) is 27.2. The lowest BCUT2D eigenvalue weighted by Crippen LogP contribution is -2.28. The van der Waals surface area contributed by atoms with Gasteiger partial charge in [-0.25, -0.2) is 4.39 Å². The molecule has 0 aliphatic carbocycles. The normalized spacial score (nSPS) is 20.4. The SMILES string of the molecule is CN=C1NC(=O)[C@@H](CC(=O)Nc2ccc(F)cc2)S1. The van der Waals surface area contributed by atoms with Gasteiger partial charge in [-0.3, -0.25) is 14.6 Å². The van der Waals surface area contributed by atoms with Crippen molar-refractivity contribution in [2.75, 3.05) is 12.4 Å². The van der Waals surface area contributed by atoms with Crippen LogP contribution in [0.4, 0.5) is 10.1 Å². The summed E-state index contributed by atoms with van der Waals surface area (Å²) in [5.74, 6) is -0.885. The molecule has 0 saturated carbocycles. The van der Waals surface area contributed by atoms with E-state index >= 15 is 0 Å². The zero-order valence-corrected chi connectivity index (χ0v) is 11.0. The van der Waals surface area contributed by atoms with Gasteiger partial charge in [0.2, 0.25) is 11.8 Å². The van der Waals surface area contributed by atoms with Crippen LogP contribution in [0.3, 0.4) is 0 Å². The van der Waals surface area contributed by atoms with Gasteiger partial charge >= 0.3 is 0 Å². The summed E-state index contributed by atoms with van der Waals surface area (Å²) in [5.41, 5.74) is 0.499. The molecule has 1 aliphatic rings. The first-order valence-electron chi connectivity index (χ1n) is 5.58. The highest BCUT2D eigenvalue weighted by molar-refractivity contribution is 8.15. The highest BCUT2D eigenvalue weighted by atomic mass is 32.2. The molecule has 0 bridgehead atoms. The molecule has 1 heterocycles. The van der Waals surface area contributed by atoms with E-state index in [9.17, 15) is 14.0 Å². The molecule has 1 saturated heterocycles. The molecule has 100 valence electrons. The second-order valence-electron chi connectivity index (χ2n) is 3.88. The Morgan fingerprint density at radius 3 is 2.74 bits per heavy atom. The van der Waals surface area contributed by atoms with Crippen molar-refractivity contribution in [3.8, 4) is 0 Å². The number of rotatable bonds is 3. The van der Waals surface area contributed by atoms with Gasteiger partial charge in [-0.15, -0.1) is 0 Å². The van der Waals surface area contributed by atoms with Crippen LogP contribution >= 0.6 is 11.8 Å². The first-order chi connectivity index (χ1) is 9.08. The van der Waals surface area contributed by atoms with E-state index in [1.807, 2.05) is 0 Å². The molecule has 19 heavy (non-hydrogen) atoms. The number of hydrogen-bond acceptors (Lipinski definition) is 4. The van der Waals surface area contributed by atoms with Crippen LogP contribution in [0.15, 0.2) is 29.3 Å². The maximum absolute atomic E-state index is 12.7. The van der Waals surface area contributed by atoms with Crippen molar-refractivity contribution in [2.45, 2.75) is 11.7 Å². The van der Waals surface area contributed by atoms with Crippen LogP contribution in [-0.2, 0) is 9.59 Å². The minimum Gasteiger partial charge on any atom is -0.326 e. The van der Waals surface area contributed by atoms with E-state index in [0.717, 1.165) is 0 Å². The quantitative estimate of drug-likeness (QED) is 0.879. The average molecular weight is 281 g/mol. The largest absolute Gasteiger partial charge is 0.326 e. The number of aliphatic imine (C=N–C) groups is 1. The zero-order chi connectivity index (χ0) is 13.8. The van der Waals surface area contributed by atoms with Crippen LogP contribution in [0.5, 0.6) is 0 Å². The van der Waals surface area contributed by atoms with Crippen LogP contribution in [0.25, 0.3) is 0 Å². The van der Waals surface area contributed by atoms with Crippen molar-refractivity contribution >= 4 is 34.4 Å². The lowest BCUT2D eigenvalue weighted by Gasteiger charge is -2.07. The highest BCUT2D eigenvalue weighted by Gasteiger charge is 2.31. The number of carbonyl (C=O) groups excluding carboxylic acids is 2. The fourth-order valence-corrected chi connectivity index (χ4v) is 2.50. The van der Waals surface area contributed by atoms with Gasteiger partial charge in [0.15, 0.2) is 5.17 Å². The van der Waals surface area contributed by atoms with Gasteiger partial charge in [0, 0.05) is 19.2 Å². The number of nitrogens with zero attached hydrogens (tertiary/aromatic N) is 1. The minimum absolute atomic E-state index is 0.0485. The monoisotopic (exact) mass is 281 g/mol. The maximum atomic E-state index is 12.7. The van der Waals surface area contributed by atoms with Crippen molar-refractivity contribution in [3.05, 3.63) is 30.1 Å². The minimum atomic E-state index is -0.473. The van der Waals surface area contributed by atoms with Gasteiger partial charge in [-0.1, -0.05) is 11.8 Å². The lowest BCUT2D eigenvalue weighted by molar-refractivity contribution is -0.122. The number of carbonyl (C=O) groups is 2. The predicted molar refractivity (Wildman–Crippen MR) is 72.5 cm³/mol. The summed E-state index contributed by atoms with van der Waals surface area (Å²) in [5, 5.41) is 5.23. The van der Waals surface area contributed by atoms with E-state index in [0.29, 0.717) is 10.9 Å². The Morgan fingerprint density at radius 2 is 2.16 bits per heavy atom. The van der Waals surface area contributed by atoms with Gasteiger partial charge in [-0.05, 0) is 24.3 Å². The number of amides is 2. The molecule has 2 rings (SSSR count). The smallest absolute Gasteiger partial charge is 0.240 e. The maximum Gasteiger partial charge on any atom is 0.240 e. The molecule has 0 aromatic heterocycles. The Balaban J connectivity index is 1.91. The fourth-order valence-electron chi connectivity index (χ4n) is 1.56. The number of anilines is 1. The molecular formula is C12H12FN3O2S. The third-order valence-electron chi connectivity index (χ3n) is 2.48. The van der Waals surface area contributed by atoms with Crippen molar-refractivity contribution in [2.24, 2.45) is 4.99 Å². The van der Waals surface area contributed by atoms with Crippen molar-refractivity contribution in [3.63, 3.8) is 0 Å². The van der Waals surface area contributed by atoms with Crippen LogP contribution in [0, 0.1) is 5.82 Å². The number of amidine groups is 1. The predicted octanol–water partition coefficient (Wildman–Crippen LogP) is 1.37. The summed E-state index contributed by atoms with van der Waals surface area (Å²) in [6.45, 7) is 0. The van der Waals surface area contributed by atoms with Crippen LogP contribution in [0.1, 0.15) is 6.42 Å². The molecule has 1 atom stereocenters. The van der Waals surface area contributed by atoms with Crippen LogP contribution < -0.4 is 10.6 Å². The average Bonchev–Trinajstić information content (AvgIpc) is 2.73. The van der Waals surface area contributed by atoms with E-state index < -0.39 is 5.25 Å². The van der Waals surface area contributed by atoms with Gasteiger partial charge in [0.1, 0.15) is 11.1 Å². The van der Waals surface area contributed by atoms with Crippen molar-refractivity contribution in [1.82, 2.24) is 5.32 Å². The molecule has 2 N–H and O–H groups in total. The first-order valence-corrected chi connectivity index (χ1v) is 6.46. The first kappa shape index (κ1) is 13.5. The van der Waals surface area contributed by atoms with Crippen LogP contribution in [0.2, 0.25) is 0 Å². The number of hydrogen-bond donors (Lipinski definition) is 2. The standard InChI is InChI=1S/C12H12FN3O2S/c1-14-12-16-11(18)9(19-12)6-10(17)15-8-4-2-7(13)3-5-8/h2-5,9H,6H2,1H3,(H,15,17)(H,14,16,18)/t9-/m1/s1. The Hall–Kier alpha value is -1.89. The van der Waals surface area contributed by atoms with E-state index in [4.69, 9.17) is 0 Å². The van der Waals surface area contributed by atoms with Crippen molar-refractivity contribution in [1.29, 1.82) is 0 Å². The number of benzene rings is 1. The molecule has 5 nitrogen and oxygen atoms in total. The summed E-state index contributed by atoms with van der Waals surface area (Å²) in [6, 6.07) is 5.45. The molecule has 0 radical (unpaired) electrons. The zero-order valence-electron chi connectivity index (χ0n) is 10.1. The summed E-state index contributed by atoms with van der Waals surface area (Å²) in [6.07, 6.45) is 0.0485. The second-order valence-corrected chi connectivity index (χ2v) is 5.08.